The normalized spacial score (nSPS) is 29.9. The lowest BCUT2D eigenvalue weighted by molar-refractivity contribution is -0.134. The summed E-state index contributed by atoms with van der Waals surface area (Å²) < 4.78 is 28.1. The molecule has 188 valence electrons. The Bertz CT molecular complexity index is 1080. The van der Waals surface area contributed by atoms with Gasteiger partial charge in [0.2, 0.25) is 11.8 Å². The predicted molar refractivity (Wildman–Crippen MR) is 133 cm³/mol. The van der Waals surface area contributed by atoms with Crippen LogP contribution in [0.15, 0.2) is 12.1 Å². The molecule has 0 aromatic heterocycles. The van der Waals surface area contributed by atoms with E-state index in [1.165, 1.54) is 26.2 Å². The lowest BCUT2D eigenvalue weighted by Gasteiger charge is -2.60. The summed E-state index contributed by atoms with van der Waals surface area (Å²) in [5, 5.41) is 3.54. The van der Waals surface area contributed by atoms with Gasteiger partial charge in [-0.05, 0) is 67.4 Å². The zero-order valence-electron chi connectivity index (χ0n) is 19.1. The van der Waals surface area contributed by atoms with Gasteiger partial charge in [-0.1, -0.05) is 34.8 Å². The molecule has 12 heteroatoms. The molecule has 4 saturated carbocycles. The number of likely N-dealkylation sites (N-methyl/N-ethyl adjacent to an activating group) is 1. The molecular formula is C22H29Cl3N4O4S. The molecule has 8 nitrogen and oxygen atoms in total. The van der Waals surface area contributed by atoms with Crippen LogP contribution in [0.5, 0.6) is 0 Å². The summed E-state index contributed by atoms with van der Waals surface area (Å²) in [5.74, 6) is 0.501. The maximum Gasteiger partial charge on any atom is 0.304 e. The Balaban J connectivity index is 1.42. The Morgan fingerprint density at radius 2 is 1.65 bits per heavy atom. The third kappa shape index (κ3) is 4.87. The van der Waals surface area contributed by atoms with E-state index in [1.807, 2.05) is 0 Å². The average molecular weight is 552 g/mol. The quantitative estimate of drug-likeness (QED) is 0.515. The van der Waals surface area contributed by atoms with Crippen LogP contribution in [-0.2, 0) is 19.8 Å². The highest BCUT2D eigenvalue weighted by molar-refractivity contribution is 7.90. The molecule has 0 saturated heterocycles. The fraction of sp³-hybridized carbons (Fsp3) is 0.636. The van der Waals surface area contributed by atoms with Gasteiger partial charge in [0.25, 0.3) is 0 Å². The Kier molecular flexibility index (Phi) is 7.08. The van der Waals surface area contributed by atoms with Gasteiger partial charge in [-0.3, -0.25) is 13.9 Å². The number of rotatable bonds is 8. The van der Waals surface area contributed by atoms with Crippen molar-refractivity contribution in [3.8, 4) is 0 Å². The van der Waals surface area contributed by atoms with Crippen molar-refractivity contribution in [2.24, 2.45) is 28.9 Å². The number of hydrogen-bond acceptors (Lipinski definition) is 4. The van der Waals surface area contributed by atoms with Crippen LogP contribution in [0, 0.1) is 23.2 Å². The van der Waals surface area contributed by atoms with Gasteiger partial charge in [0, 0.05) is 31.6 Å². The molecule has 0 radical (unpaired) electrons. The topological polar surface area (TPSA) is 113 Å². The summed E-state index contributed by atoms with van der Waals surface area (Å²) >= 11 is 18.3. The first-order chi connectivity index (χ1) is 15.8. The predicted octanol–water partition coefficient (Wildman–Crippen LogP) is 3.45. The van der Waals surface area contributed by atoms with Crippen LogP contribution in [0.3, 0.4) is 0 Å². The average Bonchev–Trinajstić information content (AvgIpc) is 2.68. The van der Waals surface area contributed by atoms with Gasteiger partial charge < -0.3 is 11.1 Å². The monoisotopic (exact) mass is 550 g/mol. The van der Waals surface area contributed by atoms with E-state index in [4.69, 9.17) is 40.5 Å². The smallest absolute Gasteiger partial charge is 0.304 e. The van der Waals surface area contributed by atoms with E-state index in [1.54, 1.807) is 0 Å². The van der Waals surface area contributed by atoms with Crippen molar-refractivity contribution in [3.05, 3.63) is 27.2 Å². The fourth-order valence-electron chi connectivity index (χ4n) is 6.69. The number of nitrogens with two attached hydrogens (primary N) is 1. The summed E-state index contributed by atoms with van der Waals surface area (Å²) in [4.78, 5) is 24.5. The van der Waals surface area contributed by atoms with E-state index in [-0.39, 0.29) is 62.4 Å². The van der Waals surface area contributed by atoms with Crippen LogP contribution in [0.25, 0.3) is 0 Å². The Labute approximate surface area is 215 Å². The molecule has 4 bridgehead atoms. The largest absolute Gasteiger partial charge is 0.370 e. The molecular weight excluding hydrogens is 523 g/mol. The SMILES string of the molecule is CN(CC(=O)NC1C2CC3CC1CC(CC(N)=O)(C3)C2)S(=O)(=O)N(C)c1c(Cl)cc(Cl)cc1Cl. The van der Waals surface area contributed by atoms with E-state index in [0.29, 0.717) is 12.3 Å². The number of anilines is 1. The van der Waals surface area contributed by atoms with Gasteiger partial charge >= 0.3 is 10.2 Å². The number of nitrogens with zero attached hydrogens (tertiary/aromatic N) is 2. The van der Waals surface area contributed by atoms with Crippen molar-refractivity contribution in [1.29, 1.82) is 0 Å². The van der Waals surface area contributed by atoms with Crippen LogP contribution < -0.4 is 15.4 Å². The van der Waals surface area contributed by atoms with Crippen LogP contribution in [-0.4, -0.2) is 51.2 Å². The highest BCUT2D eigenvalue weighted by atomic mass is 35.5. The summed E-state index contributed by atoms with van der Waals surface area (Å²) in [6, 6.07) is 2.79. The fourth-order valence-corrected chi connectivity index (χ4v) is 8.99. The van der Waals surface area contributed by atoms with E-state index < -0.39 is 10.2 Å². The van der Waals surface area contributed by atoms with Crippen molar-refractivity contribution in [3.63, 3.8) is 0 Å². The Morgan fingerprint density at radius 3 is 2.18 bits per heavy atom. The zero-order chi connectivity index (χ0) is 25.0. The van der Waals surface area contributed by atoms with Crippen molar-refractivity contribution >= 4 is 62.5 Å². The molecule has 0 aliphatic heterocycles. The van der Waals surface area contributed by atoms with E-state index in [9.17, 15) is 18.0 Å². The Hall–Kier alpha value is -1.26. The molecule has 1 aromatic carbocycles. The maximum atomic E-state index is 13.1. The van der Waals surface area contributed by atoms with Crippen molar-refractivity contribution < 1.29 is 18.0 Å². The number of amides is 2. The van der Waals surface area contributed by atoms with Gasteiger partial charge in [0.1, 0.15) is 0 Å². The summed E-state index contributed by atoms with van der Waals surface area (Å²) in [6.45, 7) is -0.346. The number of benzene rings is 1. The maximum absolute atomic E-state index is 13.1. The first-order valence-corrected chi connectivity index (χ1v) is 13.8. The van der Waals surface area contributed by atoms with Crippen molar-refractivity contribution in [2.45, 2.75) is 44.6 Å². The minimum Gasteiger partial charge on any atom is -0.370 e. The number of hydrogen-bond donors (Lipinski definition) is 2. The third-order valence-corrected chi connectivity index (χ3v) is 10.3. The van der Waals surface area contributed by atoms with Gasteiger partial charge in [-0.2, -0.15) is 12.7 Å². The van der Waals surface area contributed by atoms with Crippen molar-refractivity contribution in [2.75, 3.05) is 24.9 Å². The van der Waals surface area contributed by atoms with Gasteiger partial charge in [0.15, 0.2) is 0 Å². The molecule has 2 amide bonds. The van der Waals surface area contributed by atoms with E-state index in [0.717, 1.165) is 40.7 Å². The van der Waals surface area contributed by atoms with E-state index >= 15 is 0 Å². The second-order valence-electron chi connectivity index (χ2n) is 10.2. The van der Waals surface area contributed by atoms with Crippen LogP contribution in [0.1, 0.15) is 38.5 Å². The standard InChI is InChI=1S/C22H29Cl3N4O4S/c1-28(34(32,33)29(2)21-16(24)5-15(23)6-17(21)25)11-19(31)27-20-13-3-12-4-14(20)9-22(7-12,8-13)10-18(26)30/h5-6,12-14,20H,3-4,7-11H2,1-2H3,(H2,26,30)(H,27,31). The van der Waals surface area contributed by atoms with Gasteiger partial charge in [0.05, 0.1) is 22.3 Å². The Morgan fingerprint density at radius 1 is 1.09 bits per heavy atom. The minimum absolute atomic E-state index is 0.0148. The summed E-state index contributed by atoms with van der Waals surface area (Å²) in [7, 11) is -1.43. The van der Waals surface area contributed by atoms with Crippen LogP contribution in [0.4, 0.5) is 5.69 Å². The zero-order valence-corrected chi connectivity index (χ0v) is 22.1. The number of halogens is 3. The van der Waals surface area contributed by atoms with Crippen LogP contribution >= 0.6 is 34.8 Å². The molecule has 1 aromatic rings. The van der Waals surface area contributed by atoms with Gasteiger partial charge in [-0.25, -0.2) is 0 Å². The van der Waals surface area contributed by atoms with Crippen molar-refractivity contribution in [1.82, 2.24) is 9.62 Å². The second kappa shape index (κ2) is 9.32. The highest BCUT2D eigenvalue weighted by Gasteiger charge is 2.55. The lowest BCUT2D eigenvalue weighted by atomic mass is 9.47. The molecule has 5 rings (SSSR count). The highest BCUT2D eigenvalue weighted by Crippen LogP contribution is 2.61. The first-order valence-electron chi connectivity index (χ1n) is 11.2. The molecule has 2 unspecified atom stereocenters. The minimum atomic E-state index is -4.09. The van der Waals surface area contributed by atoms with Gasteiger partial charge in [-0.15, -0.1) is 0 Å². The summed E-state index contributed by atoms with van der Waals surface area (Å²) in [6.07, 6.45) is 5.22. The molecule has 2 atom stereocenters. The molecule has 0 heterocycles. The molecule has 4 fully saturated rings. The number of carbonyl (C=O) groups excluding carboxylic acids is 2. The molecule has 34 heavy (non-hydrogen) atoms. The number of nitrogens with one attached hydrogen (secondary N) is 1. The molecule has 4 aliphatic carbocycles. The number of carbonyl (C=O) groups is 2. The number of primary amides is 1. The third-order valence-electron chi connectivity index (χ3n) is 7.68. The second-order valence-corrected chi connectivity index (χ2v) is 13.5. The first kappa shape index (κ1) is 25.8. The lowest BCUT2D eigenvalue weighted by Crippen LogP contribution is -2.60. The molecule has 4 aliphatic rings. The van der Waals surface area contributed by atoms with Crippen LogP contribution in [0.2, 0.25) is 15.1 Å². The van der Waals surface area contributed by atoms with E-state index in [2.05, 4.69) is 5.32 Å². The molecule has 0 spiro atoms. The molecule has 3 N–H and O–H groups in total. The summed E-state index contributed by atoms with van der Waals surface area (Å²) in [5.41, 5.74) is 5.56.